The highest BCUT2D eigenvalue weighted by Crippen LogP contribution is 2.28. The van der Waals surface area contributed by atoms with E-state index in [2.05, 4.69) is 29.4 Å². The second kappa shape index (κ2) is 5.95. The second-order valence-electron chi connectivity index (χ2n) is 5.18. The first-order chi connectivity index (χ1) is 9.85. The Morgan fingerprint density at radius 2 is 1.95 bits per heavy atom. The van der Waals surface area contributed by atoms with Gasteiger partial charge < -0.3 is 10.1 Å². The molecule has 0 atom stereocenters. The topological polar surface area (TPSA) is 34.1 Å². The number of hydrogen-bond acceptors (Lipinski definition) is 3. The molecular weight excluding hydrogens is 248 g/mol. The van der Waals surface area contributed by atoms with Crippen molar-refractivity contribution in [2.45, 2.75) is 32.3 Å². The highest BCUT2D eigenvalue weighted by atomic mass is 16.5. The van der Waals surface area contributed by atoms with Crippen LogP contribution in [0.25, 0.3) is 11.3 Å². The van der Waals surface area contributed by atoms with Gasteiger partial charge in [0.25, 0.3) is 0 Å². The summed E-state index contributed by atoms with van der Waals surface area (Å²) in [5.41, 5.74) is 2.11. The number of ether oxygens (including phenoxy) is 1. The number of rotatable bonds is 6. The van der Waals surface area contributed by atoms with E-state index in [1.54, 1.807) is 0 Å². The third kappa shape index (κ3) is 3.29. The van der Waals surface area contributed by atoms with Gasteiger partial charge in [0.15, 0.2) is 0 Å². The van der Waals surface area contributed by atoms with Crippen molar-refractivity contribution >= 4 is 5.82 Å². The maximum atomic E-state index is 5.76. The molecule has 1 fully saturated rings. The minimum absolute atomic E-state index is 0.445. The first kappa shape index (κ1) is 13.0. The van der Waals surface area contributed by atoms with Gasteiger partial charge in [-0.1, -0.05) is 13.0 Å². The molecule has 0 radical (unpaired) electrons. The number of anilines is 1. The van der Waals surface area contributed by atoms with Crippen molar-refractivity contribution in [1.29, 1.82) is 0 Å². The summed E-state index contributed by atoms with van der Waals surface area (Å²) in [5, 5.41) is 3.31. The first-order valence-corrected chi connectivity index (χ1v) is 7.33. The predicted octanol–water partition coefficient (Wildman–Crippen LogP) is 4.11. The van der Waals surface area contributed by atoms with Gasteiger partial charge in [-0.25, -0.2) is 4.98 Å². The van der Waals surface area contributed by atoms with Crippen LogP contribution in [-0.4, -0.2) is 17.6 Å². The quantitative estimate of drug-likeness (QED) is 0.856. The second-order valence-corrected chi connectivity index (χ2v) is 5.18. The van der Waals surface area contributed by atoms with E-state index in [1.165, 1.54) is 12.8 Å². The lowest BCUT2D eigenvalue weighted by Crippen LogP contribution is -2.02. The highest BCUT2D eigenvalue weighted by Gasteiger charge is 2.23. The Hall–Kier alpha value is -2.03. The largest absolute Gasteiger partial charge is 0.490 e. The van der Waals surface area contributed by atoms with Gasteiger partial charge >= 0.3 is 0 Å². The monoisotopic (exact) mass is 268 g/mol. The zero-order valence-corrected chi connectivity index (χ0v) is 11.8. The van der Waals surface area contributed by atoms with Crippen LogP contribution in [0, 0.1) is 0 Å². The molecule has 104 valence electrons. The SMILES string of the molecule is CCCNc1cccc(-c2ccc(OC3CC3)cc2)n1. The summed E-state index contributed by atoms with van der Waals surface area (Å²) in [4.78, 5) is 4.63. The van der Waals surface area contributed by atoms with Gasteiger partial charge in [-0.05, 0) is 55.7 Å². The van der Waals surface area contributed by atoms with Gasteiger partial charge in [-0.2, -0.15) is 0 Å². The molecular formula is C17H20N2O. The van der Waals surface area contributed by atoms with E-state index in [-0.39, 0.29) is 0 Å². The summed E-state index contributed by atoms with van der Waals surface area (Å²) in [6.07, 6.45) is 3.92. The molecule has 0 aliphatic heterocycles. The Labute approximate surface area is 120 Å². The van der Waals surface area contributed by atoms with Crippen LogP contribution < -0.4 is 10.1 Å². The van der Waals surface area contributed by atoms with Crippen molar-refractivity contribution in [3.8, 4) is 17.0 Å². The molecule has 0 spiro atoms. The summed E-state index contributed by atoms with van der Waals surface area (Å²) in [6, 6.07) is 14.3. The van der Waals surface area contributed by atoms with Gasteiger partial charge in [0, 0.05) is 12.1 Å². The van der Waals surface area contributed by atoms with Gasteiger partial charge in [0.05, 0.1) is 11.8 Å². The van der Waals surface area contributed by atoms with Crippen LogP contribution in [0.2, 0.25) is 0 Å². The van der Waals surface area contributed by atoms with E-state index >= 15 is 0 Å². The molecule has 3 nitrogen and oxygen atoms in total. The van der Waals surface area contributed by atoms with E-state index in [1.807, 2.05) is 30.3 Å². The molecule has 0 bridgehead atoms. The van der Waals surface area contributed by atoms with Gasteiger partial charge in [0.1, 0.15) is 11.6 Å². The minimum Gasteiger partial charge on any atom is -0.490 e. The molecule has 1 aliphatic carbocycles. The van der Waals surface area contributed by atoms with Crippen LogP contribution in [0.5, 0.6) is 5.75 Å². The lowest BCUT2D eigenvalue weighted by Gasteiger charge is -2.08. The Bertz CT molecular complexity index is 561. The fraction of sp³-hybridized carbons (Fsp3) is 0.353. The lowest BCUT2D eigenvalue weighted by atomic mass is 10.1. The molecule has 0 amide bonds. The molecule has 20 heavy (non-hydrogen) atoms. The van der Waals surface area contributed by atoms with Gasteiger partial charge in [-0.15, -0.1) is 0 Å². The molecule has 1 N–H and O–H groups in total. The Morgan fingerprint density at radius 1 is 1.15 bits per heavy atom. The number of benzene rings is 1. The molecule has 1 aliphatic rings. The molecule has 2 aromatic rings. The Morgan fingerprint density at radius 3 is 2.65 bits per heavy atom. The van der Waals surface area contributed by atoms with Crippen molar-refractivity contribution in [1.82, 2.24) is 4.98 Å². The molecule has 0 unspecified atom stereocenters. The van der Waals surface area contributed by atoms with Crippen molar-refractivity contribution in [3.05, 3.63) is 42.5 Å². The third-order valence-electron chi connectivity index (χ3n) is 3.28. The van der Waals surface area contributed by atoms with Crippen LogP contribution in [0.1, 0.15) is 26.2 Å². The molecule has 3 heteroatoms. The van der Waals surface area contributed by atoms with Gasteiger partial charge in [0.2, 0.25) is 0 Å². The van der Waals surface area contributed by atoms with Crippen molar-refractivity contribution in [3.63, 3.8) is 0 Å². The number of nitrogens with one attached hydrogen (secondary N) is 1. The molecule has 1 aromatic heterocycles. The summed E-state index contributed by atoms with van der Waals surface area (Å²) in [6.45, 7) is 3.10. The maximum Gasteiger partial charge on any atom is 0.126 e. The summed E-state index contributed by atoms with van der Waals surface area (Å²) >= 11 is 0. The van der Waals surface area contributed by atoms with Crippen molar-refractivity contribution in [2.75, 3.05) is 11.9 Å². The number of aromatic nitrogens is 1. The minimum atomic E-state index is 0.445. The summed E-state index contributed by atoms with van der Waals surface area (Å²) in [5.74, 6) is 1.89. The third-order valence-corrected chi connectivity index (χ3v) is 3.28. The standard InChI is InChI=1S/C17H20N2O/c1-2-12-18-17-5-3-4-16(19-17)13-6-8-14(9-7-13)20-15-10-11-15/h3-9,15H,2,10-12H2,1H3,(H,18,19). The molecule has 1 saturated carbocycles. The fourth-order valence-corrected chi connectivity index (χ4v) is 2.03. The van der Waals surface area contributed by atoms with E-state index in [9.17, 15) is 0 Å². The highest BCUT2D eigenvalue weighted by molar-refractivity contribution is 5.62. The zero-order chi connectivity index (χ0) is 13.8. The van der Waals surface area contributed by atoms with Crippen LogP contribution in [-0.2, 0) is 0 Å². The van der Waals surface area contributed by atoms with E-state index < -0.39 is 0 Å². The average molecular weight is 268 g/mol. The molecule has 3 rings (SSSR count). The van der Waals surface area contributed by atoms with Crippen LogP contribution >= 0.6 is 0 Å². The number of hydrogen-bond donors (Lipinski definition) is 1. The van der Waals surface area contributed by atoms with Crippen molar-refractivity contribution in [2.24, 2.45) is 0 Å². The lowest BCUT2D eigenvalue weighted by molar-refractivity contribution is 0.303. The van der Waals surface area contributed by atoms with Crippen LogP contribution in [0.15, 0.2) is 42.5 Å². The van der Waals surface area contributed by atoms with E-state index in [0.717, 1.165) is 35.8 Å². The molecule has 0 saturated heterocycles. The number of nitrogens with zero attached hydrogens (tertiary/aromatic N) is 1. The normalized spacial score (nSPS) is 14.1. The summed E-state index contributed by atoms with van der Waals surface area (Å²) in [7, 11) is 0. The van der Waals surface area contributed by atoms with Gasteiger partial charge in [-0.3, -0.25) is 0 Å². The van der Waals surface area contributed by atoms with Crippen LogP contribution in [0.4, 0.5) is 5.82 Å². The first-order valence-electron chi connectivity index (χ1n) is 7.33. The summed E-state index contributed by atoms with van der Waals surface area (Å²) < 4.78 is 5.76. The zero-order valence-electron chi connectivity index (χ0n) is 11.8. The molecule has 1 heterocycles. The fourth-order valence-electron chi connectivity index (χ4n) is 2.03. The maximum absolute atomic E-state index is 5.76. The Kier molecular flexibility index (Phi) is 3.86. The van der Waals surface area contributed by atoms with E-state index in [0.29, 0.717) is 6.10 Å². The molecule has 1 aromatic carbocycles. The average Bonchev–Trinajstić information content (AvgIpc) is 3.30. The number of pyridine rings is 1. The smallest absolute Gasteiger partial charge is 0.126 e. The van der Waals surface area contributed by atoms with Crippen LogP contribution in [0.3, 0.4) is 0 Å². The predicted molar refractivity (Wildman–Crippen MR) is 82.1 cm³/mol. The Balaban J connectivity index is 1.73. The van der Waals surface area contributed by atoms with E-state index in [4.69, 9.17) is 4.74 Å². The van der Waals surface area contributed by atoms with Crippen molar-refractivity contribution < 1.29 is 4.74 Å².